The normalized spacial score (nSPS) is 19.1. The van der Waals surface area contributed by atoms with Crippen LogP contribution in [0.25, 0.3) is 5.52 Å². The summed E-state index contributed by atoms with van der Waals surface area (Å²) in [5.41, 5.74) is 0.396. The summed E-state index contributed by atoms with van der Waals surface area (Å²) >= 11 is 2.20. The van der Waals surface area contributed by atoms with Gasteiger partial charge >= 0.3 is 12.2 Å². The van der Waals surface area contributed by atoms with Crippen LogP contribution in [-0.4, -0.2) is 69.2 Å². The first-order valence-corrected chi connectivity index (χ1v) is 11.9. The third-order valence-corrected chi connectivity index (χ3v) is 5.80. The number of halogens is 1. The topological polar surface area (TPSA) is 107 Å². The number of amides is 2. The van der Waals surface area contributed by atoms with E-state index in [2.05, 4.69) is 38.0 Å². The van der Waals surface area contributed by atoms with Crippen LogP contribution in [0.2, 0.25) is 0 Å². The van der Waals surface area contributed by atoms with Crippen LogP contribution in [0, 0.1) is 3.57 Å². The monoisotopic (exact) mass is 573 g/mol. The van der Waals surface area contributed by atoms with Gasteiger partial charge < -0.3 is 19.1 Å². The van der Waals surface area contributed by atoms with Crippen LogP contribution < -0.4 is 5.32 Å². The molecule has 182 valence electrons. The number of nitrogens with zero attached hydrogens (tertiary/aromatic N) is 4. The van der Waals surface area contributed by atoms with E-state index in [0.717, 1.165) is 9.26 Å². The molecule has 1 unspecified atom stereocenters. The summed E-state index contributed by atoms with van der Waals surface area (Å²) in [6.45, 7) is 11.8. The summed E-state index contributed by atoms with van der Waals surface area (Å²) in [7, 11) is 1.62. The van der Waals surface area contributed by atoms with Crippen LogP contribution in [0.15, 0.2) is 12.4 Å². The Morgan fingerprint density at radius 3 is 2.45 bits per heavy atom. The van der Waals surface area contributed by atoms with E-state index in [0.29, 0.717) is 30.9 Å². The van der Waals surface area contributed by atoms with Crippen LogP contribution in [0.5, 0.6) is 0 Å². The predicted octanol–water partition coefficient (Wildman–Crippen LogP) is 4.42. The molecule has 33 heavy (non-hydrogen) atoms. The molecule has 1 aliphatic heterocycles. The zero-order valence-electron chi connectivity index (χ0n) is 20.1. The smallest absolute Gasteiger partial charge is 0.413 e. The third kappa shape index (κ3) is 6.25. The molecule has 11 heteroatoms. The van der Waals surface area contributed by atoms with Gasteiger partial charge in [-0.15, -0.1) is 0 Å². The number of nitrogens with one attached hydrogen (secondary N) is 1. The number of hydrogen-bond donors (Lipinski definition) is 1. The van der Waals surface area contributed by atoms with Crippen molar-refractivity contribution < 1.29 is 23.8 Å². The van der Waals surface area contributed by atoms with Crippen molar-refractivity contribution >= 4 is 46.1 Å². The van der Waals surface area contributed by atoms with E-state index in [-0.39, 0.29) is 18.1 Å². The van der Waals surface area contributed by atoms with Crippen molar-refractivity contribution in [1.82, 2.24) is 19.5 Å². The third-order valence-electron chi connectivity index (χ3n) is 4.97. The number of methoxy groups -OCH3 is 1. The molecule has 3 rings (SSSR count). The molecule has 0 saturated carbocycles. The Hall–Kier alpha value is -2.15. The average Bonchev–Trinajstić information content (AvgIpc) is 3.21. The SMILES string of the molecule is COC[C@H]1CC(c2cc(I)c3c(NC(=O)OC(C)(C)C)ncnn23)CN1C(=O)OC(C)(C)C. The highest BCUT2D eigenvalue weighted by Crippen LogP contribution is 2.36. The van der Waals surface area contributed by atoms with Gasteiger partial charge in [0.25, 0.3) is 0 Å². The van der Waals surface area contributed by atoms with E-state index in [9.17, 15) is 9.59 Å². The molecule has 0 radical (unpaired) electrons. The summed E-state index contributed by atoms with van der Waals surface area (Å²) < 4.78 is 19.0. The quantitative estimate of drug-likeness (QED) is 0.540. The molecule has 0 aromatic carbocycles. The Bertz CT molecular complexity index is 1030. The first-order chi connectivity index (χ1) is 15.3. The average molecular weight is 573 g/mol. The number of hydrogen-bond acceptors (Lipinski definition) is 7. The number of carbonyl (C=O) groups is 2. The summed E-state index contributed by atoms with van der Waals surface area (Å²) in [4.78, 5) is 31.1. The van der Waals surface area contributed by atoms with Crippen LogP contribution in [0.3, 0.4) is 0 Å². The van der Waals surface area contributed by atoms with E-state index in [1.54, 1.807) is 37.3 Å². The first kappa shape index (κ1) is 25.5. The lowest BCUT2D eigenvalue weighted by Crippen LogP contribution is -2.41. The van der Waals surface area contributed by atoms with E-state index in [4.69, 9.17) is 14.2 Å². The molecular formula is C22H32IN5O5. The lowest BCUT2D eigenvalue weighted by atomic mass is 10.0. The van der Waals surface area contributed by atoms with Gasteiger partial charge in [-0.05, 0) is 76.6 Å². The van der Waals surface area contributed by atoms with Gasteiger partial charge in [0.2, 0.25) is 0 Å². The molecule has 2 aromatic rings. The van der Waals surface area contributed by atoms with Crippen molar-refractivity contribution in [2.45, 2.75) is 71.1 Å². The maximum Gasteiger partial charge on any atom is 0.413 e. The molecule has 3 heterocycles. The van der Waals surface area contributed by atoms with E-state index in [1.165, 1.54) is 6.33 Å². The lowest BCUT2D eigenvalue weighted by Gasteiger charge is -2.28. The van der Waals surface area contributed by atoms with Crippen molar-refractivity contribution in [3.63, 3.8) is 0 Å². The fourth-order valence-corrected chi connectivity index (χ4v) is 4.63. The van der Waals surface area contributed by atoms with Gasteiger partial charge in [0.05, 0.1) is 12.6 Å². The summed E-state index contributed by atoms with van der Waals surface area (Å²) in [6.07, 6.45) is 1.16. The molecule has 1 aliphatic rings. The standard InChI is InChI=1S/C22H32IN5O5/c1-21(2,3)32-19(29)26-18-17-15(23)9-16(28(17)25-12-24-18)13-8-14(11-31-7)27(10-13)20(30)33-22(4,5)6/h9,12-14H,8,10-11H2,1-7H3,(H,24,25,26,29)/t13?,14-/m1/s1. The number of ether oxygens (including phenoxy) is 3. The number of aromatic nitrogens is 3. The largest absolute Gasteiger partial charge is 0.444 e. The van der Waals surface area contributed by atoms with Crippen molar-refractivity contribution in [3.05, 3.63) is 21.7 Å². The van der Waals surface area contributed by atoms with Gasteiger partial charge in [0.1, 0.15) is 23.0 Å². The van der Waals surface area contributed by atoms with Crippen LogP contribution in [-0.2, 0) is 14.2 Å². The van der Waals surface area contributed by atoms with Gasteiger partial charge in [0.15, 0.2) is 5.82 Å². The molecule has 0 bridgehead atoms. The second-order valence-electron chi connectivity index (χ2n) is 10.1. The van der Waals surface area contributed by atoms with E-state index >= 15 is 0 Å². The highest BCUT2D eigenvalue weighted by molar-refractivity contribution is 14.1. The molecule has 1 saturated heterocycles. The maximum atomic E-state index is 12.8. The van der Waals surface area contributed by atoms with Gasteiger partial charge in [-0.1, -0.05) is 0 Å². The Kier molecular flexibility index (Phi) is 7.42. The molecular weight excluding hydrogens is 541 g/mol. The second kappa shape index (κ2) is 9.61. The van der Waals surface area contributed by atoms with Crippen LogP contribution in [0.4, 0.5) is 15.4 Å². The lowest BCUT2D eigenvalue weighted by molar-refractivity contribution is 0.0147. The van der Waals surface area contributed by atoms with Gasteiger partial charge in [-0.25, -0.2) is 19.1 Å². The zero-order valence-corrected chi connectivity index (χ0v) is 22.3. The molecule has 2 aromatic heterocycles. The number of rotatable bonds is 4. The highest BCUT2D eigenvalue weighted by Gasteiger charge is 2.39. The fourth-order valence-electron chi connectivity index (χ4n) is 3.83. The number of likely N-dealkylation sites (tertiary alicyclic amines) is 1. The zero-order chi connectivity index (χ0) is 24.6. The first-order valence-electron chi connectivity index (χ1n) is 10.8. The van der Waals surface area contributed by atoms with E-state index in [1.807, 2.05) is 26.8 Å². The summed E-state index contributed by atoms with van der Waals surface area (Å²) in [6, 6.07) is 1.90. The minimum atomic E-state index is -0.626. The number of carbonyl (C=O) groups excluding carboxylic acids is 2. The van der Waals surface area contributed by atoms with Crippen molar-refractivity contribution in [3.8, 4) is 0 Å². The highest BCUT2D eigenvalue weighted by atomic mass is 127. The summed E-state index contributed by atoms with van der Waals surface area (Å²) in [5, 5.41) is 7.16. The summed E-state index contributed by atoms with van der Waals surface area (Å²) in [5.74, 6) is 0.378. The second-order valence-corrected chi connectivity index (χ2v) is 11.2. The van der Waals surface area contributed by atoms with Crippen molar-refractivity contribution in [2.75, 3.05) is 25.6 Å². The minimum Gasteiger partial charge on any atom is -0.444 e. The fraction of sp³-hybridized carbons (Fsp3) is 0.636. The molecule has 2 atom stereocenters. The van der Waals surface area contributed by atoms with Gasteiger partial charge in [-0.2, -0.15) is 5.10 Å². The Morgan fingerprint density at radius 2 is 1.85 bits per heavy atom. The molecule has 1 N–H and O–H groups in total. The van der Waals surface area contributed by atoms with Gasteiger partial charge in [-0.3, -0.25) is 5.32 Å². The van der Waals surface area contributed by atoms with Gasteiger partial charge in [0, 0.05) is 28.8 Å². The Morgan fingerprint density at radius 1 is 1.18 bits per heavy atom. The Labute approximate surface area is 207 Å². The van der Waals surface area contributed by atoms with Crippen molar-refractivity contribution in [1.29, 1.82) is 0 Å². The van der Waals surface area contributed by atoms with Crippen LogP contribution in [0.1, 0.15) is 59.6 Å². The predicted molar refractivity (Wildman–Crippen MR) is 132 cm³/mol. The number of fused-ring (bicyclic) bond motifs is 1. The number of anilines is 1. The molecule has 2 amide bonds. The molecule has 0 spiro atoms. The molecule has 0 aliphatic carbocycles. The van der Waals surface area contributed by atoms with Crippen LogP contribution >= 0.6 is 22.6 Å². The maximum absolute atomic E-state index is 12.8. The minimum absolute atomic E-state index is 0.0120. The molecule has 1 fully saturated rings. The molecule has 10 nitrogen and oxygen atoms in total. The Balaban J connectivity index is 1.89. The van der Waals surface area contributed by atoms with E-state index < -0.39 is 17.3 Å². The van der Waals surface area contributed by atoms with Crippen molar-refractivity contribution in [2.24, 2.45) is 0 Å².